The van der Waals surface area contributed by atoms with Crippen molar-refractivity contribution >= 4 is 46.2 Å². The van der Waals surface area contributed by atoms with Gasteiger partial charge < -0.3 is 19.7 Å². The lowest BCUT2D eigenvalue weighted by molar-refractivity contribution is -0.127. The molecule has 0 aliphatic carbocycles. The molecular formula is C29H35N7O3. The number of urea groups is 1. The molecule has 204 valence electrons. The van der Waals surface area contributed by atoms with E-state index in [9.17, 15) is 14.4 Å². The van der Waals surface area contributed by atoms with E-state index in [1.807, 2.05) is 48.4 Å². The number of hydrogen-bond donors (Lipinski definition) is 2. The number of anilines is 3. The second-order valence-corrected chi connectivity index (χ2v) is 11.1. The van der Waals surface area contributed by atoms with Gasteiger partial charge in [0.25, 0.3) is 0 Å². The van der Waals surface area contributed by atoms with Crippen molar-refractivity contribution in [3.05, 3.63) is 48.0 Å². The summed E-state index contributed by atoms with van der Waals surface area (Å²) in [4.78, 5) is 45.9. The summed E-state index contributed by atoms with van der Waals surface area (Å²) in [6, 6.07) is 13.8. The smallest absolute Gasteiger partial charge is 0.326 e. The molecule has 0 atom stereocenters. The van der Waals surface area contributed by atoms with Crippen LogP contribution in [0.4, 0.5) is 22.1 Å². The normalized spacial score (nSPS) is 13.4. The Hall–Kier alpha value is -4.39. The number of carbonyl (C=O) groups excluding carboxylic acids is 3. The van der Waals surface area contributed by atoms with Crippen LogP contribution in [0.3, 0.4) is 0 Å². The van der Waals surface area contributed by atoms with Gasteiger partial charge in [0, 0.05) is 50.9 Å². The van der Waals surface area contributed by atoms with Crippen molar-refractivity contribution in [2.75, 3.05) is 35.7 Å². The van der Waals surface area contributed by atoms with Crippen LogP contribution in [0.1, 0.15) is 52.0 Å². The molecule has 10 nitrogen and oxygen atoms in total. The number of benzene rings is 2. The maximum Gasteiger partial charge on any atom is 0.326 e. The van der Waals surface area contributed by atoms with Gasteiger partial charge in [-0.25, -0.2) is 9.78 Å². The third-order valence-electron chi connectivity index (χ3n) is 6.65. The standard InChI is InChI=1S/C29H35N7O3/c1-29(2,3)18-26(38)34(4)22-12-13-24-23(17-22)32-27(36(24)16-6-15-35-14-5-7-25(35)37)33-28(39)31-21-10-8-20(19-30)9-11-21/h8-13,17H,5-7,14-16,18H2,1-4H3,(H2,31,32,33,39). The fourth-order valence-electron chi connectivity index (χ4n) is 4.62. The lowest BCUT2D eigenvalue weighted by Crippen LogP contribution is -2.29. The average Bonchev–Trinajstić information content (AvgIpc) is 3.45. The molecule has 0 radical (unpaired) electrons. The summed E-state index contributed by atoms with van der Waals surface area (Å²) < 4.78 is 1.93. The summed E-state index contributed by atoms with van der Waals surface area (Å²) in [5.41, 5.74) is 3.10. The number of aryl methyl sites for hydroxylation is 1. The summed E-state index contributed by atoms with van der Waals surface area (Å²) in [5, 5.41) is 14.6. The number of nitriles is 1. The van der Waals surface area contributed by atoms with Gasteiger partial charge in [-0.1, -0.05) is 20.8 Å². The van der Waals surface area contributed by atoms with E-state index in [-0.39, 0.29) is 17.2 Å². The van der Waals surface area contributed by atoms with Crippen molar-refractivity contribution in [2.24, 2.45) is 5.41 Å². The van der Waals surface area contributed by atoms with Gasteiger partial charge in [-0.05, 0) is 60.7 Å². The third-order valence-corrected chi connectivity index (χ3v) is 6.65. The number of nitrogens with one attached hydrogen (secondary N) is 2. The van der Waals surface area contributed by atoms with E-state index in [4.69, 9.17) is 10.2 Å². The highest BCUT2D eigenvalue weighted by atomic mass is 16.2. The topological polar surface area (TPSA) is 123 Å². The molecule has 1 aromatic heterocycles. The Kier molecular flexibility index (Phi) is 8.19. The molecule has 10 heteroatoms. The molecule has 39 heavy (non-hydrogen) atoms. The van der Waals surface area contributed by atoms with Crippen molar-refractivity contribution in [2.45, 2.75) is 53.0 Å². The molecule has 1 saturated heterocycles. The van der Waals surface area contributed by atoms with Gasteiger partial charge in [-0.15, -0.1) is 0 Å². The van der Waals surface area contributed by atoms with Gasteiger partial charge in [0.05, 0.1) is 22.7 Å². The van der Waals surface area contributed by atoms with Crippen LogP contribution in [0.25, 0.3) is 11.0 Å². The largest absolute Gasteiger partial charge is 0.343 e. The number of amides is 4. The number of imidazole rings is 1. The number of fused-ring (bicyclic) bond motifs is 1. The first-order valence-electron chi connectivity index (χ1n) is 13.2. The van der Waals surface area contributed by atoms with Crippen molar-refractivity contribution in [3.63, 3.8) is 0 Å². The highest BCUT2D eigenvalue weighted by Gasteiger charge is 2.22. The molecule has 0 unspecified atom stereocenters. The molecule has 4 amide bonds. The van der Waals surface area contributed by atoms with Crippen LogP contribution in [-0.4, -0.2) is 52.4 Å². The van der Waals surface area contributed by atoms with E-state index in [2.05, 4.69) is 16.7 Å². The molecule has 0 spiro atoms. The quantitative estimate of drug-likeness (QED) is 0.427. The first-order chi connectivity index (χ1) is 18.5. The number of hydrogen-bond acceptors (Lipinski definition) is 5. The lowest BCUT2D eigenvalue weighted by atomic mass is 9.91. The van der Waals surface area contributed by atoms with E-state index in [0.29, 0.717) is 55.1 Å². The zero-order chi connectivity index (χ0) is 28.2. The number of aromatic nitrogens is 2. The summed E-state index contributed by atoms with van der Waals surface area (Å²) >= 11 is 0. The van der Waals surface area contributed by atoms with E-state index in [0.717, 1.165) is 24.2 Å². The number of rotatable bonds is 8. The minimum atomic E-state index is -0.469. The van der Waals surface area contributed by atoms with Gasteiger partial charge in [0.1, 0.15) is 0 Å². The maximum absolute atomic E-state index is 12.8. The lowest BCUT2D eigenvalue weighted by Gasteiger charge is -2.23. The Morgan fingerprint density at radius 1 is 1.10 bits per heavy atom. The first kappa shape index (κ1) is 27.6. The first-order valence-corrected chi connectivity index (χ1v) is 13.2. The van der Waals surface area contributed by atoms with E-state index in [1.165, 1.54) is 0 Å². The van der Waals surface area contributed by atoms with Crippen molar-refractivity contribution in [1.82, 2.24) is 14.5 Å². The Morgan fingerprint density at radius 2 is 1.85 bits per heavy atom. The van der Waals surface area contributed by atoms with E-state index < -0.39 is 6.03 Å². The third kappa shape index (κ3) is 6.93. The van der Waals surface area contributed by atoms with Crippen molar-refractivity contribution in [1.29, 1.82) is 5.26 Å². The van der Waals surface area contributed by atoms with E-state index >= 15 is 0 Å². The maximum atomic E-state index is 12.8. The molecule has 0 saturated carbocycles. The van der Waals surface area contributed by atoms with Gasteiger partial charge >= 0.3 is 6.03 Å². The van der Waals surface area contributed by atoms with Crippen LogP contribution in [0.2, 0.25) is 0 Å². The Bertz CT molecular complexity index is 1410. The summed E-state index contributed by atoms with van der Waals surface area (Å²) in [6.07, 6.45) is 2.60. The molecule has 1 aliphatic rings. The fraction of sp³-hybridized carbons (Fsp3) is 0.414. The zero-order valence-electron chi connectivity index (χ0n) is 23.0. The van der Waals surface area contributed by atoms with Crippen LogP contribution < -0.4 is 15.5 Å². The average molecular weight is 530 g/mol. The monoisotopic (exact) mass is 529 g/mol. The number of nitrogens with zero attached hydrogens (tertiary/aromatic N) is 5. The molecule has 2 heterocycles. The Morgan fingerprint density at radius 3 is 2.49 bits per heavy atom. The zero-order valence-corrected chi connectivity index (χ0v) is 23.0. The minimum Gasteiger partial charge on any atom is -0.343 e. The van der Waals surface area contributed by atoms with Crippen molar-refractivity contribution in [3.8, 4) is 6.07 Å². The highest BCUT2D eigenvalue weighted by Crippen LogP contribution is 2.27. The van der Waals surface area contributed by atoms with Crippen LogP contribution >= 0.6 is 0 Å². The van der Waals surface area contributed by atoms with Gasteiger partial charge in [0.2, 0.25) is 17.8 Å². The highest BCUT2D eigenvalue weighted by molar-refractivity contribution is 6.00. The molecule has 1 aliphatic heterocycles. The van der Waals surface area contributed by atoms with Crippen LogP contribution in [-0.2, 0) is 16.1 Å². The summed E-state index contributed by atoms with van der Waals surface area (Å²) in [6.45, 7) is 8.04. The number of carbonyl (C=O) groups is 3. The predicted octanol–water partition coefficient (Wildman–Crippen LogP) is 4.96. The van der Waals surface area contributed by atoms with E-state index in [1.54, 1.807) is 36.2 Å². The van der Waals surface area contributed by atoms with Crippen molar-refractivity contribution < 1.29 is 14.4 Å². The van der Waals surface area contributed by atoms with Gasteiger partial charge in [0.15, 0.2) is 0 Å². The molecule has 4 rings (SSSR count). The predicted molar refractivity (Wildman–Crippen MR) is 151 cm³/mol. The molecule has 3 aromatic rings. The van der Waals surface area contributed by atoms with Gasteiger partial charge in [-0.3, -0.25) is 14.9 Å². The Labute approximate surface area is 228 Å². The van der Waals surface area contributed by atoms with Crippen LogP contribution in [0.15, 0.2) is 42.5 Å². The summed E-state index contributed by atoms with van der Waals surface area (Å²) in [5.74, 6) is 0.555. The molecule has 0 bridgehead atoms. The SMILES string of the molecule is CN(C(=O)CC(C)(C)C)c1ccc2c(c1)nc(NC(=O)Nc1ccc(C#N)cc1)n2CCCN1CCCC1=O. The Balaban J connectivity index is 1.57. The second kappa shape index (κ2) is 11.6. The molecule has 1 fully saturated rings. The van der Waals surface area contributed by atoms with Crippen LogP contribution in [0.5, 0.6) is 0 Å². The van der Waals surface area contributed by atoms with Crippen LogP contribution in [0, 0.1) is 16.7 Å². The summed E-state index contributed by atoms with van der Waals surface area (Å²) in [7, 11) is 1.75. The fourth-order valence-corrected chi connectivity index (χ4v) is 4.62. The number of likely N-dealkylation sites (tertiary alicyclic amines) is 1. The molecule has 2 N–H and O–H groups in total. The second-order valence-electron chi connectivity index (χ2n) is 11.1. The molecule has 2 aromatic carbocycles. The molecular weight excluding hydrogens is 494 g/mol. The minimum absolute atomic E-state index is 0.0108. The van der Waals surface area contributed by atoms with Gasteiger partial charge in [-0.2, -0.15) is 5.26 Å².